The molecule has 0 N–H and O–H groups in total. The number of carbonyl (C=O) groups excluding carboxylic acids is 2. The van der Waals surface area contributed by atoms with Crippen LogP contribution in [0.25, 0.3) is 6.08 Å². The average molecular weight is 308 g/mol. The summed E-state index contributed by atoms with van der Waals surface area (Å²) < 4.78 is 0. The van der Waals surface area contributed by atoms with Crippen molar-refractivity contribution in [3.63, 3.8) is 0 Å². The zero-order valence-corrected chi connectivity index (χ0v) is 13.8. The van der Waals surface area contributed by atoms with Gasteiger partial charge in [-0.15, -0.1) is 0 Å². The molecular formula is C21H24O2. The van der Waals surface area contributed by atoms with Gasteiger partial charge < -0.3 is 0 Å². The first-order chi connectivity index (χ1) is 11.2. The van der Waals surface area contributed by atoms with Gasteiger partial charge in [-0.1, -0.05) is 80.8 Å². The molecule has 0 spiro atoms. The summed E-state index contributed by atoms with van der Waals surface area (Å²) in [6.45, 7) is 2.13. The van der Waals surface area contributed by atoms with E-state index in [2.05, 4.69) is 13.0 Å². The first-order valence-corrected chi connectivity index (χ1v) is 8.42. The minimum Gasteiger partial charge on any atom is -0.290 e. The van der Waals surface area contributed by atoms with Gasteiger partial charge >= 0.3 is 0 Å². The zero-order chi connectivity index (χ0) is 16.5. The van der Waals surface area contributed by atoms with E-state index in [4.69, 9.17) is 0 Å². The summed E-state index contributed by atoms with van der Waals surface area (Å²) in [5.74, 6) is -0.594. The van der Waals surface area contributed by atoms with Crippen LogP contribution >= 0.6 is 0 Å². The molecule has 1 aromatic carbocycles. The van der Waals surface area contributed by atoms with Crippen LogP contribution in [0.15, 0.2) is 59.7 Å². The first-order valence-electron chi connectivity index (χ1n) is 8.42. The molecule has 0 saturated heterocycles. The second-order valence-corrected chi connectivity index (χ2v) is 5.89. The van der Waals surface area contributed by atoms with Crippen LogP contribution in [0, 0.1) is 0 Å². The molecule has 0 unspecified atom stereocenters. The predicted octanol–water partition coefficient (Wildman–Crippen LogP) is 5.06. The molecule has 0 fully saturated rings. The van der Waals surface area contributed by atoms with E-state index in [9.17, 15) is 9.59 Å². The Kier molecular flexibility index (Phi) is 6.74. The molecule has 2 rings (SSSR count). The lowest BCUT2D eigenvalue weighted by molar-refractivity contribution is -0.134. The van der Waals surface area contributed by atoms with Gasteiger partial charge in [0.2, 0.25) is 11.6 Å². The van der Waals surface area contributed by atoms with Crippen molar-refractivity contribution in [1.29, 1.82) is 0 Å². The van der Waals surface area contributed by atoms with Crippen LogP contribution in [-0.2, 0) is 9.59 Å². The van der Waals surface area contributed by atoms with Crippen molar-refractivity contribution in [1.82, 2.24) is 0 Å². The normalized spacial score (nSPS) is 15.5. The highest BCUT2D eigenvalue weighted by atomic mass is 16.2. The third kappa shape index (κ3) is 5.48. The number of hydrogen-bond donors (Lipinski definition) is 0. The molecular weight excluding hydrogens is 284 g/mol. The Balaban J connectivity index is 1.89. The summed E-state index contributed by atoms with van der Waals surface area (Å²) in [5, 5.41) is 0. The highest BCUT2D eigenvalue weighted by Crippen LogP contribution is 2.20. The summed E-state index contributed by atoms with van der Waals surface area (Å²) in [6, 6.07) is 10.1. The Morgan fingerprint density at radius 2 is 1.83 bits per heavy atom. The van der Waals surface area contributed by atoms with E-state index in [-0.39, 0.29) is 11.6 Å². The van der Waals surface area contributed by atoms with Crippen molar-refractivity contribution in [3.05, 3.63) is 65.3 Å². The Morgan fingerprint density at radius 3 is 2.48 bits per heavy atom. The van der Waals surface area contributed by atoms with E-state index in [1.54, 1.807) is 6.08 Å². The van der Waals surface area contributed by atoms with Crippen LogP contribution < -0.4 is 0 Å². The van der Waals surface area contributed by atoms with Crippen LogP contribution in [0.4, 0.5) is 0 Å². The van der Waals surface area contributed by atoms with Crippen LogP contribution in [0.1, 0.15) is 51.0 Å². The van der Waals surface area contributed by atoms with Gasteiger partial charge in [0.25, 0.3) is 0 Å². The van der Waals surface area contributed by atoms with Crippen LogP contribution in [0.3, 0.4) is 0 Å². The summed E-state index contributed by atoms with van der Waals surface area (Å²) in [6.07, 6.45) is 12.8. The molecule has 0 radical (unpaired) electrons. The minimum atomic E-state index is -0.337. The second-order valence-electron chi connectivity index (χ2n) is 5.89. The van der Waals surface area contributed by atoms with Crippen molar-refractivity contribution in [2.24, 2.45) is 0 Å². The van der Waals surface area contributed by atoms with Crippen LogP contribution in [0.5, 0.6) is 0 Å². The summed E-state index contributed by atoms with van der Waals surface area (Å²) >= 11 is 0. The number of unbranched alkanes of at least 4 members (excludes halogenated alkanes) is 3. The summed E-state index contributed by atoms with van der Waals surface area (Å²) in [7, 11) is 0. The average Bonchev–Trinajstić information content (AvgIpc) is 2.59. The molecule has 1 aliphatic carbocycles. The molecule has 2 nitrogen and oxygen atoms in total. The standard InChI is InChI=1S/C21H24O2/c1-2-3-4-8-11-20(22)21(23)19-14-12-18(13-15-19)16-17-9-6-5-7-10-17/h5-7,9-10,12,14-16H,2-4,8,11,13H2,1H3. The van der Waals surface area contributed by atoms with E-state index in [0.717, 1.165) is 36.8 Å². The number of hydrogen-bond acceptors (Lipinski definition) is 2. The number of benzene rings is 1. The van der Waals surface area contributed by atoms with Crippen molar-refractivity contribution in [2.45, 2.75) is 45.4 Å². The summed E-state index contributed by atoms with van der Waals surface area (Å²) in [5.41, 5.74) is 2.82. The highest BCUT2D eigenvalue weighted by molar-refractivity contribution is 6.44. The maximum atomic E-state index is 12.1. The minimum absolute atomic E-state index is 0.257. The van der Waals surface area contributed by atoms with Crippen LogP contribution in [-0.4, -0.2) is 11.6 Å². The van der Waals surface area contributed by atoms with Gasteiger partial charge in [0, 0.05) is 12.0 Å². The SMILES string of the molecule is CCCCCCC(=O)C(=O)C1=CCC(=Cc2ccccc2)C=C1. The topological polar surface area (TPSA) is 34.1 Å². The lowest BCUT2D eigenvalue weighted by Gasteiger charge is -2.08. The third-order valence-corrected chi connectivity index (χ3v) is 3.96. The zero-order valence-electron chi connectivity index (χ0n) is 13.8. The molecule has 0 heterocycles. The van der Waals surface area contributed by atoms with Gasteiger partial charge in [0.15, 0.2) is 0 Å². The molecule has 1 aliphatic rings. The first kappa shape index (κ1) is 17.1. The Hall–Kier alpha value is -2.22. The Morgan fingerprint density at radius 1 is 1.04 bits per heavy atom. The number of rotatable bonds is 8. The Bertz CT molecular complexity index is 633. The number of ketones is 2. The molecule has 0 atom stereocenters. The van der Waals surface area contributed by atoms with Crippen molar-refractivity contribution in [2.75, 3.05) is 0 Å². The smallest absolute Gasteiger partial charge is 0.228 e. The number of Topliss-reactive ketones (excluding diaryl/α,β-unsaturated/α-hetero) is 2. The van der Waals surface area contributed by atoms with Crippen molar-refractivity contribution < 1.29 is 9.59 Å². The molecule has 0 aliphatic heterocycles. The quantitative estimate of drug-likeness (QED) is 0.496. The molecule has 23 heavy (non-hydrogen) atoms. The lowest BCUT2D eigenvalue weighted by atomic mass is 9.95. The monoisotopic (exact) mass is 308 g/mol. The van der Waals surface area contributed by atoms with Gasteiger partial charge in [-0.3, -0.25) is 9.59 Å². The van der Waals surface area contributed by atoms with E-state index < -0.39 is 0 Å². The van der Waals surface area contributed by atoms with E-state index in [1.807, 2.05) is 42.5 Å². The Labute approximate surface area is 138 Å². The molecule has 120 valence electrons. The highest BCUT2D eigenvalue weighted by Gasteiger charge is 2.17. The molecule has 0 saturated carbocycles. The molecule has 2 heteroatoms. The maximum Gasteiger partial charge on any atom is 0.228 e. The van der Waals surface area contributed by atoms with Gasteiger partial charge in [0.1, 0.15) is 0 Å². The number of allylic oxidation sites excluding steroid dienone is 5. The molecule has 1 aromatic rings. The lowest BCUT2D eigenvalue weighted by Crippen LogP contribution is -2.16. The van der Waals surface area contributed by atoms with Gasteiger partial charge in [-0.25, -0.2) is 0 Å². The molecule has 0 aromatic heterocycles. The van der Waals surface area contributed by atoms with Crippen molar-refractivity contribution in [3.8, 4) is 0 Å². The molecule has 0 bridgehead atoms. The van der Waals surface area contributed by atoms with Crippen LogP contribution in [0.2, 0.25) is 0 Å². The van der Waals surface area contributed by atoms with E-state index >= 15 is 0 Å². The maximum absolute atomic E-state index is 12.1. The summed E-state index contributed by atoms with van der Waals surface area (Å²) in [4.78, 5) is 24.1. The second kappa shape index (κ2) is 9.04. The third-order valence-electron chi connectivity index (χ3n) is 3.96. The fourth-order valence-electron chi connectivity index (χ4n) is 2.59. The van der Waals surface area contributed by atoms with Gasteiger partial charge in [-0.2, -0.15) is 0 Å². The largest absolute Gasteiger partial charge is 0.290 e. The molecule has 0 amide bonds. The van der Waals surface area contributed by atoms with E-state index in [0.29, 0.717) is 18.4 Å². The van der Waals surface area contributed by atoms with E-state index in [1.165, 1.54) is 0 Å². The van der Waals surface area contributed by atoms with Crippen molar-refractivity contribution >= 4 is 17.6 Å². The predicted molar refractivity (Wildman–Crippen MR) is 95.0 cm³/mol. The fourth-order valence-corrected chi connectivity index (χ4v) is 2.59. The fraction of sp³-hybridized carbons (Fsp3) is 0.333. The van der Waals surface area contributed by atoms with Gasteiger partial charge in [0.05, 0.1) is 0 Å². The number of carbonyl (C=O) groups is 2. The van der Waals surface area contributed by atoms with Gasteiger partial charge in [-0.05, 0) is 24.0 Å².